The maximum atomic E-state index is 12.9. The number of hydrogen-bond acceptors (Lipinski definition) is 4. The van der Waals surface area contributed by atoms with Crippen LogP contribution in [0.2, 0.25) is 0 Å². The summed E-state index contributed by atoms with van der Waals surface area (Å²) in [5.41, 5.74) is 2.65. The molecule has 1 aromatic carbocycles. The highest BCUT2D eigenvalue weighted by Crippen LogP contribution is 2.33. The summed E-state index contributed by atoms with van der Waals surface area (Å²) >= 11 is 1.70. The van der Waals surface area contributed by atoms with E-state index in [-0.39, 0.29) is 11.9 Å². The zero-order chi connectivity index (χ0) is 20.2. The van der Waals surface area contributed by atoms with Crippen LogP contribution in [0, 0.1) is 5.92 Å². The van der Waals surface area contributed by atoms with Crippen LogP contribution in [0.3, 0.4) is 0 Å². The number of amides is 1. The van der Waals surface area contributed by atoms with E-state index >= 15 is 0 Å². The molecule has 4 nitrogen and oxygen atoms in total. The molecular formula is C24H32N2O2S. The van der Waals surface area contributed by atoms with Gasteiger partial charge in [0, 0.05) is 11.4 Å². The number of nitrogens with one attached hydrogen (secondary N) is 1. The quantitative estimate of drug-likeness (QED) is 0.708. The predicted octanol–water partition coefficient (Wildman–Crippen LogP) is 4.84. The molecule has 2 aromatic rings. The second kappa shape index (κ2) is 9.31. The van der Waals surface area contributed by atoms with Crippen molar-refractivity contribution in [1.29, 1.82) is 0 Å². The highest BCUT2D eigenvalue weighted by atomic mass is 32.1. The van der Waals surface area contributed by atoms with Crippen molar-refractivity contribution in [3.8, 4) is 5.75 Å². The Balaban J connectivity index is 1.44. The van der Waals surface area contributed by atoms with Crippen LogP contribution in [-0.2, 0) is 12.8 Å². The van der Waals surface area contributed by atoms with Crippen LogP contribution in [0.5, 0.6) is 5.75 Å². The molecular weight excluding hydrogens is 380 g/mol. The highest BCUT2D eigenvalue weighted by molar-refractivity contribution is 7.14. The predicted molar refractivity (Wildman–Crippen MR) is 119 cm³/mol. The van der Waals surface area contributed by atoms with Gasteiger partial charge in [-0.15, -0.1) is 11.3 Å². The molecule has 1 amide bonds. The molecule has 5 heteroatoms. The summed E-state index contributed by atoms with van der Waals surface area (Å²) in [4.78, 5) is 17.7. The Morgan fingerprint density at radius 3 is 2.72 bits per heavy atom. The Hall–Kier alpha value is -1.85. The van der Waals surface area contributed by atoms with Gasteiger partial charge in [-0.2, -0.15) is 0 Å². The molecule has 1 saturated heterocycles. The first-order chi connectivity index (χ1) is 14.2. The van der Waals surface area contributed by atoms with Gasteiger partial charge in [0.25, 0.3) is 5.91 Å². The smallest absolute Gasteiger partial charge is 0.261 e. The molecule has 0 spiro atoms. The van der Waals surface area contributed by atoms with Gasteiger partial charge in [0.2, 0.25) is 0 Å². The summed E-state index contributed by atoms with van der Waals surface area (Å²) in [5, 5.41) is 3.24. The fraction of sp³-hybridized carbons (Fsp3) is 0.542. The van der Waals surface area contributed by atoms with Crippen LogP contribution >= 0.6 is 11.3 Å². The van der Waals surface area contributed by atoms with Crippen LogP contribution in [0.15, 0.2) is 30.3 Å². The van der Waals surface area contributed by atoms with Crippen molar-refractivity contribution in [3.05, 3.63) is 51.2 Å². The van der Waals surface area contributed by atoms with Gasteiger partial charge in [0.05, 0.1) is 18.0 Å². The lowest BCUT2D eigenvalue weighted by molar-refractivity contribution is 0.0942. The lowest BCUT2D eigenvalue weighted by atomic mass is 9.87. The summed E-state index contributed by atoms with van der Waals surface area (Å²) in [5.74, 6) is 1.73. The van der Waals surface area contributed by atoms with E-state index < -0.39 is 0 Å². The minimum atomic E-state index is 0.0788. The average molecular weight is 413 g/mol. The number of hydrogen-bond donors (Lipinski definition) is 1. The van der Waals surface area contributed by atoms with Gasteiger partial charge in [0.15, 0.2) is 0 Å². The van der Waals surface area contributed by atoms with Gasteiger partial charge < -0.3 is 10.1 Å². The molecule has 0 radical (unpaired) electrons. The number of carbonyl (C=O) groups is 1. The summed E-state index contributed by atoms with van der Waals surface area (Å²) in [6, 6.07) is 10.6. The first kappa shape index (κ1) is 20.4. The van der Waals surface area contributed by atoms with E-state index in [1.54, 1.807) is 18.4 Å². The third-order valence-corrected chi connectivity index (χ3v) is 7.76. The lowest BCUT2D eigenvalue weighted by Crippen LogP contribution is -2.36. The van der Waals surface area contributed by atoms with E-state index in [9.17, 15) is 4.79 Å². The minimum absolute atomic E-state index is 0.0788. The van der Waals surface area contributed by atoms with Gasteiger partial charge in [-0.25, -0.2) is 0 Å². The first-order valence-corrected chi connectivity index (χ1v) is 11.8. The number of carbonyl (C=O) groups excluding carboxylic acids is 1. The van der Waals surface area contributed by atoms with Crippen molar-refractivity contribution >= 4 is 17.2 Å². The number of ether oxygens (including phenoxy) is 1. The third-order valence-electron chi connectivity index (χ3n) is 6.52. The van der Waals surface area contributed by atoms with Crippen molar-refractivity contribution in [2.24, 2.45) is 5.92 Å². The van der Waals surface area contributed by atoms with E-state index in [1.165, 1.54) is 41.7 Å². The number of aryl methyl sites for hydroxylation is 1. The van der Waals surface area contributed by atoms with Gasteiger partial charge >= 0.3 is 0 Å². The Morgan fingerprint density at radius 2 is 2.03 bits per heavy atom. The van der Waals surface area contributed by atoms with Crippen molar-refractivity contribution in [2.45, 2.75) is 51.5 Å². The molecule has 29 heavy (non-hydrogen) atoms. The van der Waals surface area contributed by atoms with Crippen molar-refractivity contribution in [3.63, 3.8) is 0 Å². The van der Waals surface area contributed by atoms with Crippen LogP contribution < -0.4 is 10.1 Å². The molecule has 2 aliphatic rings. The standard InChI is InChI=1S/C24H32N2O2S/c1-3-17-6-11-22-19(14-17)15-23(29-22)24(27)25-16-21(26-12-4-5-13-26)18-7-9-20(28-2)10-8-18/h7-10,15,17,21H,3-6,11-14,16H2,1-2H3,(H,25,27)/t17-,21+/m0/s1. The molecule has 2 heterocycles. The summed E-state index contributed by atoms with van der Waals surface area (Å²) in [6.45, 7) is 5.11. The summed E-state index contributed by atoms with van der Waals surface area (Å²) in [6.07, 6.45) is 7.23. The first-order valence-electron chi connectivity index (χ1n) is 11.0. The number of nitrogens with zero attached hydrogens (tertiary/aromatic N) is 1. The molecule has 0 unspecified atom stereocenters. The maximum absolute atomic E-state index is 12.9. The second-order valence-electron chi connectivity index (χ2n) is 8.32. The highest BCUT2D eigenvalue weighted by Gasteiger charge is 2.26. The molecule has 1 aliphatic carbocycles. The summed E-state index contributed by atoms with van der Waals surface area (Å²) < 4.78 is 5.30. The Morgan fingerprint density at radius 1 is 1.28 bits per heavy atom. The molecule has 1 N–H and O–H groups in total. The van der Waals surface area contributed by atoms with E-state index in [2.05, 4.69) is 35.3 Å². The van der Waals surface area contributed by atoms with Gasteiger partial charge in [-0.1, -0.05) is 25.5 Å². The van der Waals surface area contributed by atoms with Crippen molar-refractivity contribution in [1.82, 2.24) is 10.2 Å². The van der Waals surface area contributed by atoms with Gasteiger partial charge in [-0.3, -0.25) is 9.69 Å². The fourth-order valence-corrected chi connectivity index (χ4v) is 5.80. The SMILES string of the molecule is CC[C@H]1CCc2sc(C(=O)NC[C@H](c3ccc(OC)cc3)N3CCCC3)cc2C1. The maximum Gasteiger partial charge on any atom is 0.261 e. The minimum Gasteiger partial charge on any atom is -0.497 e. The van der Waals surface area contributed by atoms with Crippen LogP contribution in [0.4, 0.5) is 0 Å². The molecule has 1 fully saturated rings. The van der Waals surface area contributed by atoms with Crippen molar-refractivity contribution < 1.29 is 9.53 Å². The second-order valence-corrected chi connectivity index (χ2v) is 9.45. The average Bonchev–Trinajstić information content (AvgIpc) is 3.43. The van der Waals surface area contributed by atoms with Gasteiger partial charge in [-0.05, 0) is 80.4 Å². The molecule has 2 atom stereocenters. The molecule has 1 aliphatic heterocycles. The van der Waals surface area contributed by atoms with Crippen LogP contribution in [-0.4, -0.2) is 37.6 Å². The zero-order valence-electron chi connectivity index (χ0n) is 17.6. The topological polar surface area (TPSA) is 41.6 Å². The normalized spacial score (nSPS) is 20.3. The Bertz CT molecular complexity index is 824. The number of likely N-dealkylation sites (tertiary alicyclic amines) is 1. The van der Waals surface area contributed by atoms with Crippen LogP contribution in [0.1, 0.15) is 64.3 Å². The van der Waals surface area contributed by atoms with Crippen LogP contribution in [0.25, 0.3) is 0 Å². The molecule has 0 bridgehead atoms. The molecule has 4 rings (SSSR count). The van der Waals surface area contributed by atoms with E-state index in [4.69, 9.17) is 4.74 Å². The number of rotatable bonds is 7. The Labute approximate surface area is 178 Å². The lowest BCUT2D eigenvalue weighted by Gasteiger charge is -2.28. The number of methoxy groups -OCH3 is 1. The fourth-order valence-electron chi connectivity index (χ4n) is 4.67. The largest absolute Gasteiger partial charge is 0.497 e. The van der Waals surface area contributed by atoms with Gasteiger partial charge in [0.1, 0.15) is 5.75 Å². The third kappa shape index (κ3) is 4.67. The van der Waals surface area contributed by atoms with E-state index in [0.717, 1.165) is 42.5 Å². The Kier molecular flexibility index (Phi) is 6.56. The number of thiophene rings is 1. The molecule has 156 valence electrons. The number of fused-ring (bicyclic) bond motifs is 1. The van der Waals surface area contributed by atoms with E-state index in [0.29, 0.717) is 6.54 Å². The molecule has 1 aromatic heterocycles. The molecule has 0 saturated carbocycles. The number of benzene rings is 1. The monoisotopic (exact) mass is 412 g/mol. The zero-order valence-corrected chi connectivity index (χ0v) is 18.4. The van der Waals surface area contributed by atoms with E-state index in [1.807, 2.05) is 12.1 Å². The summed E-state index contributed by atoms with van der Waals surface area (Å²) in [7, 11) is 1.69. The van der Waals surface area contributed by atoms with Crippen molar-refractivity contribution in [2.75, 3.05) is 26.7 Å².